The SMILES string of the molecule is O=C([O-])c1ccc(N2C(=O)Nc3ccccc3N2O)cc1. The van der Waals surface area contributed by atoms with E-state index in [0.29, 0.717) is 22.2 Å². The van der Waals surface area contributed by atoms with Gasteiger partial charge in [0.25, 0.3) is 0 Å². The molecule has 0 saturated carbocycles. The highest BCUT2D eigenvalue weighted by Gasteiger charge is 2.30. The summed E-state index contributed by atoms with van der Waals surface area (Å²) < 4.78 is 0. The number of urea groups is 1. The summed E-state index contributed by atoms with van der Waals surface area (Å²) in [4.78, 5) is 22.8. The number of carboxylic acids is 1. The number of rotatable bonds is 2. The Morgan fingerprint density at radius 1 is 1.10 bits per heavy atom. The summed E-state index contributed by atoms with van der Waals surface area (Å²) in [6.45, 7) is 0. The van der Waals surface area contributed by atoms with Gasteiger partial charge in [-0.2, -0.15) is 10.2 Å². The molecular formula is C14H10N3O4-. The molecular weight excluding hydrogens is 274 g/mol. The van der Waals surface area contributed by atoms with Crippen LogP contribution in [0.3, 0.4) is 0 Å². The molecule has 0 saturated heterocycles. The van der Waals surface area contributed by atoms with Crippen molar-refractivity contribution in [2.75, 3.05) is 15.5 Å². The quantitative estimate of drug-likeness (QED) is 0.864. The van der Waals surface area contributed by atoms with Crippen molar-refractivity contribution in [1.29, 1.82) is 0 Å². The molecule has 0 atom stereocenters. The molecule has 0 radical (unpaired) electrons. The fourth-order valence-corrected chi connectivity index (χ4v) is 2.08. The van der Waals surface area contributed by atoms with E-state index >= 15 is 0 Å². The van der Waals surface area contributed by atoms with E-state index in [0.717, 1.165) is 5.01 Å². The Labute approximate surface area is 119 Å². The normalized spacial score (nSPS) is 13.7. The molecule has 1 heterocycles. The van der Waals surface area contributed by atoms with Gasteiger partial charge in [-0.05, 0) is 29.8 Å². The van der Waals surface area contributed by atoms with Crippen molar-refractivity contribution in [3.63, 3.8) is 0 Å². The number of hydrogen-bond acceptors (Lipinski definition) is 5. The number of carbonyl (C=O) groups is 2. The Kier molecular flexibility index (Phi) is 2.96. The summed E-state index contributed by atoms with van der Waals surface area (Å²) in [5.74, 6) is -1.31. The Morgan fingerprint density at radius 2 is 1.76 bits per heavy atom. The number of anilines is 3. The Hall–Kier alpha value is -3.06. The Morgan fingerprint density at radius 3 is 2.43 bits per heavy atom. The van der Waals surface area contributed by atoms with Crippen LogP contribution in [0.4, 0.5) is 21.9 Å². The lowest BCUT2D eigenvalue weighted by atomic mass is 10.2. The molecule has 106 valence electrons. The van der Waals surface area contributed by atoms with Crippen molar-refractivity contribution >= 4 is 29.1 Å². The van der Waals surface area contributed by atoms with E-state index < -0.39 is 12.0 Å². The fourth-order valence-electron chi connectivity index (χ4n) is 2.08. The highest BCUT2D eigenvalue weighted by atomic mass is 16.6. The van der Waals surface area contributed by atoms with Crippen LogP contribution in [-0.4, -0.2) is 17.2 Å². The van der Waals surface area contributed by atoms with Gasteiger partial charge in [0.1, 0.15) is 5.69 Å². The van der Waals surface area contributed by atoms with Crippen molar-refractivity contribution < 1.29 is 19.9 Å². The second-order valence-corrected chi connectivity index (χ2v) is 4.38. The average molecular weight is 284 g/mol. The van der Waals surface area contributed by atoms with Crippen molar-refractivity contribution in [2.24, 2.45) is 0 Å². The third-order valence-corrected chi connectivity index (χ3v) is 3.09. The third-order valence-electron chi connectivity index (χ3n) is 3.09. The molecule has 2 amide bonds. The minimum absolute atomic E-state index is 0.0129. The van der Waals surface area contributed by atoms with Crippen LogP contribution >= 0.6 is 0 Å². The van der Waals surface area contributed by atoms with Crippen molar-refractivity contribution in [3.8, 4) is 0 Å². The smallest absolute Gasteiger partial charge is 0.347 e. The molecule has 0 aromatic heterocycles. The Bertz CT molecular complexity index is 714. The maximum absolute atomic E-state index is 12.1. The molecule has 2 N–H and O–H groups in total. The van der Waals surface area contributed by atoms with E-state index in [1.54, 1.807) is 24.3 Å². The van der Waals surface area contributed by atoms with Crippen LogP contribution in [0, 0.1) is 0 Å². The maximum Gasteiger partial charge on any atom is 0.347 e. The molecule has 0 bridgehead atoms. The van der Waals surface area contributed by atoms with Gasteiger partial charge in [-0.1, -0.05) is 24.3 Å². The van der Waals surface area contributed by atoms with Crippen LogP contribution in [0.5, 0.6) is 0 Å². The molecule has 3 rings (SSSR count). The number of aromatic carboxylic acids is 1. The second kappa shape index (κ2) is 4.80. The zero-order valence-electron chi connectivity index (χ0n) is 10.7. The van der Waals surface area contributed by atoms with E-state index in [9.17, 15) is 19.9 Å². The molecule has 7 heteroatoms. The lowest BCUT2D eigenvalue weighted by molar-refractivity contribution is -0.255. The molecule has 0 aliphatic carbocycles. The van der Waals surface area contributed by atoms with Crippen LogP contribution < -0.4 is 20.6 Å². The first kappa shape index (κ1) is 12.9. The zero-order valence-corrected chi connectivity index (χ0v) is 10.7. The third kappa shape index (κ3) is 2.15. The highest BCUT2D eigenvalue weighted by molar-refractivity contribution is 6.08. The van der Waals surface area contributed by atoms with Gasteiger partial charge in [0.2, 0.25) is 0 Å². The van der Waals surface area contributed by atoms with Gasteiger partial charge >= 0.3 is 6.03 Å². The van der Waals surface area contributed by atoms with E-state index in [1.807, 2.05) is 0 Å². The molecule has 0 fully saturated rings. The van der Waals surface area contributed by atoms with E-state index in [4.69, 9.17) is 0 Å². The molecule has 0 spiro atoms. The first-order chi connectivity index (χ1) is 10.1. The van der Waals surface area contributed by atoms with Crippen LogP contribution in [0.15, 0.2) is 48.5 Å². The number of hydrogen-bond donors (Lipinski definition) is 2. The summed E-state index contributed by atoms with van der Waals surface area (Å²) in [7, 11) is 0. The standard InChI is InChI=1S/C14H11N3O4/c18-13(19)9-5-7-10(8-6-9)16-14(20)15-11-3-1-2-4-12(11)17(16)21/h1-8,21H,(H,15,20)(H,18,19)/p-1. The number of carboxylic acid groups (broad SMARTS) is 1. The lowest BCUT2D eigenvalue weighted by Crippen LogP contribution is -2.51. The number of fused-ring (bicyclic) bond motifs is 1. The molecule has 7 nitrogen and oxygen atoms in total. The van der Waals surface area contributed by atoms with E-state index in [-0.39, 0.29) is 5.56 Å². The highest BCUT2D eigenvalue weighted by Crippen LogP contribution is 2.32. The van der Waals surface area contributed by atoms with Crippen molar-refractivity contribution in [2.45, 2.75) is 0 Å². The summed E-state index contributed by atoms with van der Waals surface area (Å²) in [5.41, 5.74) is 1.18. The van der Waals surface area contributed by atoms with Gasteiger partial charge in [0, 0.05) is 0 Å². The van der Waals surface area contributed by atoms with E-state index in [1.165, 1.54) is 24.3 Å². The fraction of sp³-hybridized carbons (Fsp3) is 0. The number of para-hydroxylation sites is 2. The van der Waals surface area contributed by atoms with Gasteiger partial charge in [0.15, 0.2) is 0 Å². The second-order valence-electron chi connectivity index (χ2n) is 4.38. The minimum Gasteiger partial charge on any atom is -0.545 e. The summed E-state index contributed by atoms with van der Waals surface area (Å²) in [5, 5.41) is 25.2. The van der Waals surface area contributed by atoms with Gasteiger partial charge in [-0.15, -0.1) is 0 Å². The first-order valence-corrected chi connectivity index (χ1v) is 6.08. The number of hydrazine groups is 1. The van der Waals surface area contributed by atoms with Crippen LogP contribution in [0.2, 0.25) is 0 Å². The zero-order chi connectivity index (χ0) is 15.0. The van der Waals surface area contributed by atoms with Crippen LogP contribution in [-0.2, 0) is 0 Å². The topological polar surface area (TPSA) is 95.9 Å². The number of carbonyl (C=O) groups excluding carboxylic acids is 2. The first-order valence-electron chi connectivity index (χ1n) is 6.08. The average Bonchev–Trinajstić information content (AvgIpc) is 2.48. The predicted molar refractivity (Wildman–Crippen MR) is 73.0 cm³/mol. The van der Waals surface area contributed by atoms with Gasteiger partial charge in [-0.25, -0.2) is 4.79 Å². The largest absolute Gasteiger partial charge is 0.545 e. The molecule has 0 unspecified atom stereocenters. The number of nitrogens with one attached hydrogen (secondary N) is 1. The van der Waals surface area contributed by atoms with Gasteiger partial charge in [0.05, 0.1) is 17.3 Å². The number of benzene rings is 2. The predicted octanol–water partition coefficient (Wildman–Crippen LogP) is 1.21. The molecule has 21 heavy (non-hydrogen) atoms. The molecule has 1 aliphatic heterocycles. The summed E-state index contributed by atoms with van der Waals surface area (Å²) in [6, 6.07) is 11.6. The van der Waals surface area contributed by atoms with Gasteiger partial charge in [-0.3, -0.25) is 5.21 Å². The summed E-state index contributed by atoms with van der Waals surface area (Å²) >= 11 is 0. The number of nitrogens with zero attached hydrogens (tertiary/aromatic N) is 2. The molecule has 2 aromatic carbocycles. The monoisotopic (exact) mass is 284 g/mol. The molecule has 1 aliphatic rings. The summed E-state index contributed by atoms with van der Waals surface area (Å²) in [6.07, 6.45) is 0. The van der Waals surface area contributed by atoms with E-state index in [2.05, 4.69) is 5.32 Å². The van der Waals surface area contributed by atoms with Crippen molar-refractivity contribution in [3.05, 3.63) is 54.1 Å². The minimum atomic E-state index is -1.31. The van der Waals surface area contributed by atoms with Gasteiger partial charge < -0.3 is 15.2 Å². The number of amides is 2. The lowest BCUT2D eigenvalue weighted by Gasteiger charge is -2.36. The Balaban J connectivity index is 1.99. The maximum atomic E-state index is 12.1. The van der Waals surface area contributed by atoms with Crippen LogP contribution in [0.1, 0.15) is 10.4 Å². The van der Waals surface area contributed by atoms with Crippen LogP contribution in [0.25, 0.3) is 0 Å². The van der Waals surface area contributed by atoms with Crippen molar-refractivity contribution in [1.82, 2.24) is 0 Å². The molecule has 2 aromatic rings.